The molecule has 0 radical (unpaired) electrons. The Bertz CT molecular complexity index is 601. The highest BCUT2D eigenvalue weighted by atomic mass is 35.5. The summed E-state index contributed by atoms with van der Waals surface area (Å²) in [5.74, 6) is 0.492. The molecule has 0 spiro atoms. The molecule has 0 atom stereocenters. The van der Waals surface area contributed by atoms with Gasteiger partial charge in [0.05, 0.1) is 0 Å². The maximum absolute atomic E-state index is 12.5. The topological polar surface area (TPSA) is 26.3 Å². The Morgan fingerprint density at radius 3 is 1.85 bits per heavy atom. The highest BCUT2D eigenvalue weighted by Gasteiger charge is 2.30. The normalized spacial score (nSPS) is 11.2. The van der Waals surface area contributed by atoms with Gasteiger partial charge in [-0.05, 0) is 62.4 Å². The minimum atomic E-state index is -0.971. The Hall–Kier alpha value is -1.51. The van der Waals surface area contributed by atoms with E-state index in [0.29, 0.717) is 21.4 Å². The lowest BCUT2D eigenvalue weighted by Gasteiger charge is -2.25. The van der Waals surface area contributed by atoms with Gasteiger partial charge in [-0.2, -0.15) is 0 Å². The summed E-state index contributed by atoms with van der Waals surface area (Å²) in [4.78, 5) is 12.5. The molecule has 0 fully saturated rings. The van der Waals surface area contributed by atoms with Gasteiger partial charge in [0.1, 0.15) is 5.75 Å². The molecular formula is C16H14Cl2O2. The number of carbonyl (C=O) groups is 1. The Morgan fingerprint density at radius 1 is 0.900 bits per heavy atom. The highest BCUT2D eigenvalue weighted by Crippen LogP contribution is 2.24. The van der Waals surface area contributed by atoms with Crippen molar-refractivity contribution in [1.29, 1.82) is 0 Å². The van der Waals surface area contributed by atoms with Gasteiger partial charge >= 0.3 is 0 Å². The van der Waals surface area contributed by atoms with Crippen molar-refractivity contribution < 1.29 is 9.53 Å². The van der Waals surface area contributed by atoms with Crippen LogP contribution in [0.2, 0.25) is 10.0 Å². The Labute approximate surface area is 128 Å². The van der Waals surface area contributed by atoms with Crippen LogP contribution < -0.4 is 4.74 Å². The molecule has 2 nitrogen and oxygen atoms in total. The van der Waals surface area contributed by atoms with E-state index in [1.165, 1.54) is 0 Å². The zero-order chi connectivity index (χ0) is 14.8. The first-order valence-electron chi connectivity index (χ1n) is 6.13. The van der Waals surface area contributed by atoms with E-state index in [1.54, 1.807) is 62.4 Å². The van der Waals surface area contributed by atoms with Crippen LogP contribution in [0.15, 0.2) is 48.5 Å². The second-order valence-corrected chi connectivity index (χ2v) is 5.78. The third kappa shape index (κ3) is 3.53. The summed E-state index contributed by atoms with van der Waals surface area (Å²) in [6.07, 6.45) is 0. The van der Waals surface area contributed by atoms with Crippen molar-refractivity contribution in [1.82, 2.24) is 0 Å². The molecule has 2 aromatic carbocycles. The first-order chi connectivity index (χ1) is 9.38. The van der Waals surface area contributed by atoms with Crippen molar-refractivity contribution in [3.63, 3.8) is 0 Å². The van der Waals surface area contributed by atoms with Gasteiger partial charge in [-0.1, -0.05) is 23.2 Å². The lowest BCUT2D eigenvalue weighted by Crippen LogP contribution is -2.38. The molecule has 104 valence electrons. The van der Waals surface area contributed by atoms with Crippen molar-refractivity contribution >= 4 is 29.0 Å². The average Bonchev–Trinajstić information content (AvgIpc) is 2.41. The van der Waals surface area contributed by atoms with E-state index in [0.717, 1.165) is 0 Å². The van der Waals surface area contributed by atoms with E-state index >= 15 is 0 Å². The number of hydrogen-bond donors (Lipinski definition) is 0. The first-order valence-corrected chi connectivity index (χ1v) is 6.89. The van der Waals surface area contributed by atoms with Crippen LogP contribution in [0, 0.1) is 0 Å². The maximum Gasteiger partial charge on any atom is 0.205 e. The molecule has 0 bridgehead atoms. The SMILES string of the molecule is CC(C)(Oc1ccc(Cl)cc1)C(=O)c1ccc(Cl)cc1. The van der Waals surface area contributed by atoms with Gasteiger partial charge in [-0.25, -0.2) is 0 Å². The number of carbonyl (C=O) groups excluding carboxylic acids is 1. The number of ether oxygens (including phenoxy) is 1. The number of hydrogen-bond acceptors (Lipinski definition) is 2. The predicted molar refractivity (Wildman–Crippen MR) is 81.9 cm³/mol. The van der Waals surface area contributed by atoms with E-state index in [4.69, 9.17) is 27.9 Å². The van der Waals surface area contributed by atoms with E-state index in [2.05, 4.69) is 0 Å². The van der Waals surface area contributed by atoms with Crippen molar-refractivity contribution in [2.75, 3.05) is 0 Å². The molecule has 0 aliphatic heterocycles. The van der Waals surface area contributed by atoms with Gasteiger partial charge in [0.2, 0.25) is 5.78 Å². The van der Waals surface area contributed by atoms with Crippen LogP contribution in [0.3, 0.4) is 0 Å². The quantitative estimate of drug-likeness (QED) is 0.740. The van der Waals surface area contributed by atoms with Crippen molar-refractivity contribution in [2.24, 2.45) is 0 Å². The summed E-state index contributed by atoms with van der Waals surface area (Å²) in [6, 6.07) is 13.7. The van der Waals surface area contributed by atoms with Gasteiger partial charge < -0.3 is 4.74 Å². The minimum absolute atomic E-state index is 0.107. The van der Waals surface area contributed by atoms with Crippen LogP contribution in [-0.2, 0) is 0 Å². The van der Waals surface area contributed by atoms with Crippen LogP contribution in [-0.4, -0.2) is 11.4 Å². The summed E-state index contributed by atoms with van der Waals surface area (Å²) < 4.78 is 5.76. The fourth-order valence-corrected chi connectivity index (χ4v) is 2.04. The average molecular weight is 309 g/mol. The number of halogens is 2. The maximum atomic E-state index is 12.5. The molecule has 2 rings (SSSR count). The zero-order valence-corrected chi connectivity index (χ0v) is 12.7. The molecule has 0 saturated heterocycles. The Balaban J connectivity index is 2.18. The molecule has 0 saturated carbocycles. The van der Waals surface area contributed by atoms with Gasteiger partial charge in [0.25, 0.3) is 0 Å². The number of benzene rings is 2. The van der Waals surface area contributed by atoms with E-state index < -0.39 is 5.60 Å². The summed E-state index contributed by atoms with van der Waals surface area (Å²) in [5.41, 5.74) is -0.407. The molecule has 0 aliphatic carbocycles. The van der Waals surface area contributed by atoms with Gasteiger partial charge in [-0.15, -0.1) is 0 Å². The number of ketones is 1. The molecule has 0 amide bonds. The largest absolute Gasteiger partial charge is 0.480 e. The molecule has 20 heavy (non-hydrogen) atoms. The van der Waals surface area contributed by atoms with Crippen LogP contribution in [0.25, 0.3) is 0 Å². The minimum Gasteiger partial charge on any atom is -0.480 e. The smallest absolute Gasteiger partial charge is 0.205 e. The fourth-order valence-electron chi connectivity index (χ4n) is 1.79. The van der Waals surface area contributed by atoms with E-state index in [1.807, 2.05) is 0 Å². The van der Waals surface area contributed by atoms with Crippen LogP contribution in [0.4, 0.5) is 0 Å². The van der Waals surface area contributed by atoms with Crippen molar-refractivity contribution in [2.45, 2.75) is 19.4 Å². The van der Waals surface area contributed by atoms with Crippen molar-refractivity contribution in [3.05, 3.63) is 64.1 Å². The third-order valence-corrected chi connectivity index (χ3v) is 3.34. The number of rotatable bonds is 4. The lowest BCUT2D eigenvalue weighted by atomic mass is 9.96. The molecule has 0 unspecified atom stereocenters. The molecular weight excluding hydrogens is 295 g/mol. The summed E-state index contributed by atoms with van der Waals surface area (Å²) >= 11 is 11.6. The lowest BCUT2D eigenvalue weighted by molar-refractivity contribution is 0.0584. The van der Waals surface area contributed by atoms with Crippen LogP contribution in [0.1, 0.15) is 24.2 Å². The predicted octanol–water partition coefficient (Wildman–Crippen LogP) is 5.03. The van der Waals surface area contributed by atoms with Gasteiger partial charge in [0, 0.05) is 15.6 Å². The zero-order valence-electron chi connectivity index (χ0n) is 11.2. The van der Waals surface area contributed by atoms with E-state index in [-0.39, 0.29) is 5.78 Å². The highest BCUT2D eigenvalue weighted by molar-refractivity contribution is 6.30. The number of Topliss-reactive ketones (excluding diaryl/α,β-unsaturated/α-hetero) is 1. The third-order valence-electron chi connectivity index (χ3n) is 2.84. The van der Waals surface area contributed by atoms with Crippen molar-refractivity contribution in [3.8, 4) is 5.75 Å². The molecule has 0 aliphatic rings. The van der Waals surface area contributed by atoms with E-state index in [9.17, 15) is 4.79 Å². The van der Waals surface area contributed by atoms with Gasteiger partial charge in [-0.3, -0.25) is 4.79 Å². The molecule has 4 heteroatoms. The summed E-state index contributed by atoms with van der Waals surface area (Å²) in [6.45, 7) is 3.47. The first kappa shape index (κ1) is 14.9. The van der Waals surface area contributed by atoms with Crippen LogP contribution in [0.5, 0.6) is 5.75 Å². The second-order valence-electron chi connectivity index (χ2n) is 4.90. The molecule has 0 aromatic heterocycles. The molecule has 0 N–H and O–H groups in total. The van der Waals surface area contributed by atoms with Crippen LogP contribution >= 0.6 is 23.2 Å². The monoisotopic (exact) mass is 308 g/mol. The van der Waals surface area contributed by atoms with Gasteiger partial charge in [0.15, 0.2) is 5.60 Å². The summed E-state index contributed by atoms with van der Waals surface area (Å²) in [5, 5.41) is 1.22. The molecule has 2 aromatic rings. The Morgan fingerprint density at radius 2 is 1.35 bits per heavy atom. The second kappa shape index (κ2) is 5.86. The molecule has 0 heterocycles. The Kier molecular flexibility index (Phi) is 4.36. The standard InChI is InChI=1S/C16H14Cl2O2/c1-16(2,20-14-9-7-13(18)8-10-14)15(19)11-3-5-12(17)6-4-11/h3-10H,1-2H3. The fraction of sp³-hybridized carbons (Fsp3) is 0.188. The summed E-state index contributed by atoms with van der Waals surface area (Å²) in [7, 11) is 0.